The lowest BCUT2D eigenvalue weighted by atomic mass is 10.2. The third-order valence-electron chi connectivity index (χ3n) is 4.22. The average molecular weight is 425 g/mol. The number of hydrogen-bond donors (Lipinski definition) is 3. The Morgan fingerprint density at radius 2 is 1.77 bits per heavy atom. The summed E-state index contributed by atoms with van der Waals surface area (Å²) in [6, 6.07) is 10.8. The molecule has 0 spiro atoms. The molecule has 0 saturated carbocycles. The van der Waals surface area contributed by atoms with Gasteiger partial charge in [-0.1, -0.05) is 12.0 Å². The smallest absolute Gasteiger partial charge is 0.243 e. The van der Waals surface area contributed by atoms with E-state index in [0.29, 0.717) is 47.5 Å². The summed E-state index contributed by atoms with van der Waals surface area (Å²) in [5, 5.41) is 8.94. The van der Waals surface area contributed by atoms with Gasteiger partial charge >= 0.3 is 0 Å². The monoisotopic (exact) mass is 424 g/mol. The molecule has 31 heavy (non-hydrogen) atoms. The number of guanidine groups is 1. The zero-order chi connectivity index (χ0) is 22.6. The normalized spacial score (nSPS) is 10.6. The second-order valence-electron chi connectivity index (χ2n) is 6.36. The quantitative estimate of drug-likeness (QED) is 0.325. The van der Waals surface area contributed by atoms with E-state index in [1.54, 1.807) is 45.6 Å². The first kappa shape index (κ1) is 23.4. The van der Waals surface area contributed by atoms with E-state index in [1.807, 2.05) is 19.1 Å². The van der Waals surface area contributed by atoms with E-state index < -0.39 is 0 Å². The van der Waals surface area contributed by atoms with Crippen LogP contribution in [0.3, 0.4) is 0 Å². The number of aliphatic imine (C=N–C) groups is 1. The number of nitrogens with one attached hydrogen (secondary N) is 3. The van der Waals surface area contributed by atoms with E-state index in [-0.39, 0.29) is 12.5 Å². The molecule has 0 bridgehead atoms. The lowest BCUT2D eigenvalue weighted by Crippen LogP contribution is -2.41. The van der Waals surface area contributed by atoms with Crippen LogP contribution in [0.5, 0.6) is 17.2 Å². The fraction of sp³-hybridized carbons (Fsp3) is 0.304. The van der Waals surface area contributed by atoms with E-state index in [4.69, 9.17) is 20.6 Å². The Bertz CT molecular complexity index is 941. The van der Waals surface area contributed by atoms with Crippen LogP contribution in [0.2, 0.25) is 0 Å². The van der Waals surface area contributed by atoms with Crippen molar-refractivity contribution < 1.29 is 19.0 Å². The molecule has 0 aliphatic heterocycles. The molecule has 3 N–H and O–H groups in total. The minimum absolute atomic E-state index is 0.0430. The van der Waals surface area contributed by atoms with Gasteiger partial charge in [0.2, 0.25) is 11.7 Å². The Labute approximate surface area is 183 Å². The number of nitrogens with zero attached hydrogens (tertiary/aromatic N) is 1. The number of carbonyl (C=O) groups is 1. The second kappa shape index (κ2) is 12.0. The molecule has 0 radical (unpaired) electrons. The maximum absolute atomic E-state index is 12.3. The fourth-order valence-electron chi connectivity index (χ4n) is 2.79. The molecule has 0 aliphatic carbocycles. The van der Waals surface area contributed by atoms with E-state index >= 15 is 0 Å². The summed E-state index contributed by atoms with van der Waals surface area (Å²) >= 11 is 0. The first-order valence-electron chi connectivity index (χ1n) is 9.72. The van der Waals surface area contributed by atoms with Crippen LogP contribution in [-0.2, 0) is 11.3 Å². The number of carbonyl (C=O) groups excluding carboxylic acids is 1. The molecule has 0 unspecified atom stereocenters. The predicted molar refractivity (Wildman–Crippen MR) is 122 cm³/mol. The molecule has 8 heteroatoms. The van der Waals surface area contributed by atoms with Crippen LogP contribution in [0.15, 0.2) is 41.4 Å². The van der Waals surface area contributed by atoms with Crippen LogP contribution >= 0.6 is 0 Å². The van der Waals surface area contributed by atoms with E-state index in [1.165, 1.54) is 0 Å². The highest BCUT2D eigenvalue weighted by Crippen LogP contribution is 2.38. The number of ether oxygens (including phenoxy) is 3. The van der Waals surface area contributed by atoms with Crippen molar-refractivity contribution in [2.24, 2.45) is 4.99 Å². The van der Waals surface area contributed by atoms with Crippen molar-refractivity contribution in [2.75, 3.05) is 39.7 Å². The number of rotatable bonds is 9. The van der Waals surface area contributed by atoms with Gasteiger partial charge in [-0.25, -0.2) is 4.99 Å². The highest BCUT2D eigenvalue weighted by Gasteiger charge is 2.13. The molecule has 0 aliphatic rings. The van der Waals surface area contributed by atoms with Gasteiger partial charge in [0.1, 0.15) is 0 Å². The minimum Gasteiger partial charge on any atom is -0.493 e. The number of benzene rings is 2. The molecule has 2 aromatic rings. The minimum atomic E-state index is -0.215. The molecular weight excluding hydrogens is 396 g/mol. The Kier molecular flexibility index (Phi) is 9.05. The van der Waals surface area contributed by atoms with Gasteiger partial charge in [-0.3, -0.25) is 4.79 Å². The molecule has 0 atom stereocenters. The zero-order valence-corrected chi connectivity index (χ0v) is 18.2. The number of amides is 1. The van der Waals surface area contributed by atoms with Crippen LogP contribution in [0.1, 0.15) is 18.1 Å². The van der Waals surface area contributed by atoms with Crippen molar-refractivity contribution in [3.05, 3.63) is 47.5 Å². The number of anilines is 1. The van der Waals surface area contributed by atoms with Crippen LogP contribution in [0.4, 0.5) is 5.69 Å². The van der Waals surface area contributed by atoms with Crippen LogP contribution in [-0.4, -0.2) is 46.3 Å². The molecular formula is C23H28N4O4. The topological polar surface area (TPSA) is 93.2 Å². The van der Waals surface area contributed by atoms with Gasteiger partial charge in [0.15, 0.2) is 17.5 Å². The van der Waals surface area contributed by atoms with Gasteiger partial charge in [0.05, 0.1) is 34.4 Å². The molecule has 0 aromatic heterocycles. The Hall–Kier alpha value is -3.86. The maximum Gasteiger partial charge on any atom is 0.243 e. The SMILES string of the molecule is C#Cc1cccc(NC(=O)CNC(=NCc2cc(OC)c(OC)c(OC)c2)NCC)c1. The van der Waals surface area contributed by atoms with Crippen LogP contribution < -0.4 is 30.2 Å². The largest absolute Gasteiger partial charge is 0.493 e. The Morgan fingerprint density at radius 1 is 1.06 bits per heavy atom. The van der Waals surface area contributed by atoms with Crippen molar-refractivity contribution in [3.63, 3.8) is 0 Å². The van der Waals surface area contributed by atoms with Gasteiger partial charge in [-0.15, -0.1) is 6.42 Å². The van der Waals surface area contributed by atoms with Crippen molar-refractivity contribution >= 4 is 17.6 Å². The summed E-state index contributed by atoms with van der Waals surface area (Å²) in [7, 11) is 4.68. The highest BCUT2D eigenvalue weighted by molar-refractivity contribution is 5.95. The number of methoxy groups -OCH3 is 3. The first-order chi connectivity index (χ1) is 15.0. The Morgan fingerprint density at radius 3 is 2.35 bits per heavy atom. The van der Waals surface area contributed by atoms with Gasteiger partial charge in [-0.2, -0.15) is 0 Å². The predicted octanol–water partition coefficient (Wildman–Crippen LogP) is 2.39. The average Bonchev–Trinajstić information content (AvgIpc) is 2.80. The second-order valence-corrected chi connectivity index (χ2v) is 6.36. The summed E-state index contributed by atoms with van der Waals surface area (Å²) in [6.07, 6.45) is 5.39. The van der Waals surface area contributed by atoms with Crippen molar-refractivity contribution in [1.82, 2.24) is 10.6 Å². The Balaban J connectivity index is 2.04. The zero-order valence-electron chi connectivity index (χ0n) is 18.2. The lowest BCUT2D eigenvalue weighted by molar-refractivity contribution is -0.115. The third-order valence-corrected chi connectivity index (χ3v) is 4.22. The van der Waals surface area contributed by atoms with Gasteiger partial charge in [-0.05, 0) is 42.8 Å². The summed E-state index contributed by atoms with van der Waals surface area (Å²) in [5.74, 6) is 4.46. The first-order valence-corrected chi connectivity index (χ1v) is 9.72. The van der Waals surface area contributed by atoms with E-state index in [2.05, 4.69) is 26.9 Å². The van der Waals surface area contributed by atoms with E-state index in [0.717, 1.165) is 5.56 Å². The molecule has 0 fully saturated rings. The number of terminal acetylenes is 1. The molecule has 1 amide bonds. The standard InChI is InChI=1S/C23H28N4O4/c1-6-16-9-8-10-18(11-16)27-21(28)15-26-23(24-7-2)25-14-17-12-19(29-3)22(31-5)20(13-17)30-4/h1,8-13H,7,14-15H2,2-5H3,(H,27,28)(H2,24,25,26). The van der Waals surface area contributed by atoms with Crippen molar-refractivity contribution in [3.8, 4) is 29.6 Å². The lowest BCUT2D eigenvalue weighted by Gasteiger charge is -2.14. The molecule has 0 saturated heterocycles. The molecule has 8 nitrogen and oxygen atoms in total. The maximum atomic E-state index is 12.3. The summed E-state index contributed by atoms with van der Waals surface area (Å²) in [6.45, 7) is 2.98. The van der Waals surface area contributed by atoms with Crippen LogP contribution in [0.25, 0.3) is 0 Å². The van der Waals surface area contributed by atoms with Crippen molar-refractivity contribution in [2.45, 2.75) is 13.5 Å². The van der Waals surface area contributed by atoms with Crippen molar-refractivity contribution in [1.29, 1.82) is 0 Å². The number of hydrogen-bond acceptors (Lipinski definition) is 5. The molecule has 164 valence electrons. The fourth-order valence-corrected chi connectivity index (χ4v) is 2.79. The summed E-state index contributed by atoms with van der Waals surface area (Å²) in [5.41, 5.74) is 2.20. The van der Waals surface area contributed by atoms with E-state index in [9.17, 15) is 4.79 Å². The van der Waals surface area contributed by atoms with Crippen LogP contribution in [0, 0.1) is 12.3 Å². The molecule has 2 rings (SSSR count). The third kappa shape index (κ3) is 6.85. The van der Waals surface area contributed by atoms with Gasteiger partial charge in [0, 0.05) is 17.8 Å². The molecule has 0 heterocycles. The summed E-state index contributed by atoms with van der Waals surface area (Å²) < 4.78 is 16.1. The summed E-state index contributed by atoms with van der Waals surface area (Å²) in [4.78, 5) is 16.8. The molecule has 2 aromatic carbocycles. The highest BCUT2D eigenvalue weighted by atomic mass is 16.5. The van der Waals surface area contributed by atoms with Gasteiger partial charge < -0.3 is 30.2 Å². The van der Waals surface area contributed by atoms with Gasteiger partial charge in [0.25, 0.3) is 0 Å².